The number of ether oxygens (including phenoxy) is 2. The number of nitrogens with zero attached hydrogens (tertiary/aromatic N) is 1. The Kier molecular flexibility index (Phi) is 2.65. The molecule has 1 rings (SSSR count). The molecular weight excluding hydrogens is 130 g/mol. The van der Waals surface area contributed by atoms with Gasteiger partial charge in [-0.1, -0.05) is 0 Å². The molecule has 0 amide bonds. The van der Waals surface area contributed by atoms with E-state index in [0.717, 1.165) is 13.1 Å². The number of rotatable bonds is 2. The minimum Gasteiger partial charge on any atom is -0.377 e. The van der Waals surface area contributed by atoms with Crippen LogP contribution in [0.4, 0.5) is 0 Å². The summed E-state index contributed by atoms with van der Waals surface area (Å²) in [5, 5.41) is 0. The lowest BCUT2D eigenvalue weighted by Gasteiger charge is -2.13. The minimum atomic E-state index is 0.259. The molecule has 0 aliphatic carbocycles. The summed E-state index contributed by atoms with van der Waals surface area (Å²) in [6.45, 7) is 1.96. The van der Waals surface area contributed by atoms with Crippen molar-refractivity contribution in [1.82, 2.24) is 4.90 Å². The second-order valence-electron chi connectivity index (χ2n) is 2.77. The molecular formula is C7H15NO2. The van der Waals surface area contributed by atoms with Crippen molar-refractivity contribution in [3.8, 4) is 0 Å². The summed E-state index contributed by atoms with van der Waals surface area (Å²) < 4.78 is 10.4. The van der Waals surface area contributed by atoms with Crippen LogP contribution in [0.2, 0.25) is 0 Å². The molecule has 3 heteroatoms. The summed E-state index contributed by atoms with van der Waals surface area (Å²) in [6.07, 6.45) is 0.519. The Hall–Kier alpha value is -0.120. The molecule has 2 atom stereocenters. The Bertz CT molecular complexity index is 95.8. The fraction of sp³-hybridized carbons (Fsp3) is 1.00. The van der Waals surface area contributed by atoms with Crippen molar-refractivity contribution in [1.29, 1.82) is 0 Å². The Labute approximate surface area is 61.9 Å². The van der Waals surface area contributed by atoms with Gasteiger partial charge in [-0.15, -0.1) is 0 Å². The fourth-order valence-electron chi connectivity index (χ4n) is 1.38. The lowest BCUT2D eigenvalue weighted by Crippen LogP contribution is -2.27. The predicted molar refractivity (Wildman–Crippen MR) is 39.1 cm³/mol. The Balaban J connectivity index is 2.41. The summed E-state index contributed by atoms with van der Waals surface area (Å²) in [4.78, 5) is 2.21. The molecule has 1 aliphatic heterocycles. The summed E-state index contributed by atoms with van der Waals surface area (Å²) in [5.74, 6) is 0. The summed E-state index contributed by atoms with van der Waals surface area (Å²) in [6, 6.07) is 0. The summed E-state index contributed by atoms with van der Waals surface area (Å²) >= 11 is 0. The molecule has 0 bridgehead atoms. The monoisotopic (exact) mass is 145 g/mol. The van der Waals surface area contributed by atoms with Crippen molar-refractivity contribution in [2.24, 2.45) is 0 Å². The first-order valence-electron chi connectivity index (χ1n) is 3.52. The first-order valence-corrected chi connectivity index (χ1v) is 3.52. The lowest BCUT2D eigenvalue weighted by molar-refractivity contribution is -0.00461. The highest BCUT2D eigenvalue weighted by Gasteiger charge is 2.30. The number of hydrogen-bond acceptors (Lipinski definition) is 3. The van der Waals surface area contributed by atoms with Gasteiger partial charge in [0.05, 0.1) is 12.2 Å². The first-order chi connectivity index (χ1) is 4.77. The highest BCUT2D eigenvalue weighted by atomic mass is 16.5. The van der Waals surface area contributed by atoms with E-state index in [-0.39, 0.29) is 12.2 Å². The normalized spacial score (nSPS) is 35.1. The van der Waals surface area contributed by atoms with Crippen LogP contribution in [0.5, 0.6) is 0 Å². The molecule has 1 saturated heterocycles. The van der Waals surface area contributed by atoms with Crippen LogP contribution in [0.3, 0.4) is 0 Å². The van der Waals surface area contributed by atoms with Gasteiger partial charge in [0, 0.05) is 27.3 Å². The van der Waals surface area contributed by atoms with Gasteiger partial charge < -0.3 is 14.4 Å². The fourth-order valence-corrected chi connectivity index (χ4v) is 1.38. The maximum atomic E-state index is 5.22. The predicted octanol–water partition coefficient (Wildman–Crippen LogP) is -0.0382. The molecule has 60 valence electrons. The Morgan fingerprint density at radius 3 is 1.80 bits per heavy atom. The van der Waals surface area contributed by atoms with E-state index in [0.29, 0.717) is 0 Å². The van der Waals surface area contributed by atoms with E-state index in [1.54, 1.807) is 14.2 Å². The van der Waals surface area contributed by atoms with Crippen molar-refractivity contribution in [2.75, 3.05) is 34.4 Å². The second-order valence-corrected chi connectivity index (χ2v) is 2.77. The van der Waals surface area contributed by atoms with Crippen LogP contribution in [0.15, 0.2) is 0 Å². The van der Waals surface area contributed by atoms with Crippen molar-refractivity contribution in [2.45, 2.75) is 12.2 Å². The third-order valence-corrected chi connectivity index (χ3v) is 2.00. The minimum absolute atomic E-state index is 0.259. The average Bonchev–Trinajstić information content (AvgIpc) is 2.30. The van der Waals surface area contributed by atoms with E-state index in [1.165, 1.54) is 0 Å². The maximum absolute atomic E-state index is 5.22. The zero-order chi connectivity index (χ0) is 7.56. The van der Waals surface area contributed by atoms with E-state index in [9.17, 15) is 0 Å². The van der Waals surface area contributed by atoms with Crippen LogP contribution in [0.25, 0.3) is 0 Å². The van der Waals surface area contributed by atoms with Crippen LogP contribution >= 0.6 is 0 Å². The molecule has 1 aliphatic rings. The summed E-state index contributed by atoms with van der Waals surface area (Å²) in [5.41, 5.74) is 0. The standard InChI is InChI=1S/C7H15NO2/c1-8-4-6(9-2)7(5-8)10-3/h6-7H,4-5H2,1-3H3. The third kappa shape index (κ3) is 1.48. The molecule has 0 spiro atoms. The number of likely N-dealkylation sites (tertiary alicyclic amines) is 1. The van der Waals surface area contributed by atoms with Gasteiger partial charge in [0.25, 0.3) is 0 Å². The molecule has 0 radical (unpaired) electrons. The van der Waals surface area contributed by atoms with Gasteiger partial charge in [0.15, 0.2) is 0 Å². The Morgan fingerprint density at radius 2 is 1.50 bits per heavy atom. The molecule has 0 saturated carbocycles. The smallest absolute Gasteiger partial charge is 0.0971 e. The molecule has 10 heavy (non-hydrogen) atoms. The van der Waals surface area contributed by atoms with Gasteiger partial charge >= 0.3 is 0 Å². The van der Waals surface area contributed by atoms with Crippen molar-refractivity contribution in [3.05, 3.63) is 0 Å². The van der Waals surface area contributed by atoms with E-state index in [2.05, 4.69) is 11.9 Å². The van der Waals surface area contributed by atoms with Crippen molar-refractivity contribution in [3.63, 3.8) is 0 Å². The molecule has 1 heterocycles. The quantitative estimate of drug-likeness (QED) is 0.544. The van der Waals surface area contributed by atoms with E-state index in [1.807, 2.05) is 0 Å². The maximum Gasteiger partial charge on any atom is 0.0971 e. The molecule has 3 nitrogen and oxygen atoms in total. The molecule has 0 N–H and O–H groups in total. The van der Waals surface area contributed by atoms with Crippen LogP contribution in [-0.4, -0.2) is 51.5 Å². The zero-order valence-corrected chi connectivity index (χ0v) is 6.83. The number of likely N-dealkylation sites (N-methyl/N-ethyl adjacent to an activating group) is 1. The second kappa shape index (κ2) is 3.32. The van der Waals surface area contributed by atoms with Gasteiger partial charge in [-0.25, -0.2) is 0 Å². The largest absolute Gasteiger partial charge is 0.377 e. The average molecular weight is 145 g/mol. The van der Waals surface area contributed by atoms with Gasteiger partial charge in [-0.2, -0.15) is 0 Å². The van der Waals surface area contributed by atoms with Gasteiger partial charge in [0.1, 0.15) is 0 Å². The topological polar surface area (TPSA) is 21.7 Å². The SMILES string of the molecule is COC1CN(C)CC1OC. The van der Waals surface area contributed by atoms with Crippen molar-refractivity contribution >= 4 is 0 Å². The van der Waals surface area contributed by atoms with E-state index < -0.39 is 0 Å². The highest BCUT2D eigenvalue weighted by molar-refractivity contribution is 4.83. The lowest BCUT2D eigenvalue weighted by atomic mass is 10.3. The molecule has 0 aromatic carbocycles. The zero-order valence-electron chi connectivity index (χ0n) is 6.83. The van der Waals surface area contributed by atoms with Gasteiger partial charge in [-0.3, -0.25) is 0 Å². The van der Waals surface area contributed by atoms with Crippen molar-refractivity contribution < 1.29 is 9.47 Å². The van der Waals surface area contributed by atoms with Crippen LogP contribution < -0.4 is 0 Å². The molecule has 1 fully saturated rings. The number of hydrogen-bond donors (Lipinski definition) is 0. The van der Waals surface area contributed by atoms with Gasteiger partial charge in [0.2, 0.25) is 0 Å². The van der Waals surface area contributed by atoms with Gasteiger partial charge in [-0.05, 0) is 7.05 Å². The van der Waals surface area contributed by atoms with Crippen LogP contribution in [-0.2, 0) is 9.47 Å². The van der Waals surface area contributed by atoms with Crippen LogP contribution in [0, 0.1) is 0 Å². The van der Waals surface area contributed by atoms with Crippen LogP contribution in [0.1, 0.15) is 0 Å². The highest BCUT2D eigenvalue weighted by Crippen LogP contribution is 2.12. The summed E-state index contributed by atoms with van der Waals surface area (Å²) in [7, 11) is 5.54. The molecule has 0 aromatic heterocycles. The van der Waals surface area contributed by atoms with E-state index in [4.69, 9.17) is 9.47 Å². The first kappa shape index (κ1) is 7.98. The molecule has 2 unspecified atom stereocenters. The number of methoxy groups -OCH3 is 2. The molecule has 0 aromatic rings. The van der Waals surface area contributed by atoms with E-state index >= 15 is 0 Å². The third-order valence-electron chi connectivity index (χ3n) is 2.00. The Morgan fingerprint density at radius 1 is 1.10 bits per heavy atom.